The average molecular weight is 328 g/mol. The van der Waals surface area contributed by atoms with E-state index >= 15 is 0 Å². The van der Waals surface area contributed by atoms with E-state index in [0.717, 1.165) is 13.1 Å². The van der Waals surface area contributed by atoms with Gasteiger partial charge in [0.2, 0.25) is 6.04 Å². The van der Waals surface area contributed by atoms with Crippen molar-refractivity contribution < 1.29 is 4.68 Å². The van der Waals surface area contributed by atoms with Gasteiger partial charge in [-0.1, -0.05) is 78.2 Å². The van der Waals surface area contributed by atoms with Crippen molar-refractivity contribution in [3.63, 3.8) is 0 Å². The molecule has 0 spiro atoms. The van der Waals surface area contributed by atoms with Crippen LogP contribution in [0.2, 0.25) is 0 Å². The fourth-order valence-corrected chi connectivity index (χ4v) is 3.57. The van der Waals surface area contributed by atoms with Gasteiger partial charge in [0.15, 0.2) is 0 Å². The highest BCUT2D eigenvalue weighted by molar-refractivity contribution is 6.54. The van der Waals surface area contributed by atoms with E-state index < -0.39 is 0 Å². The van der Waals surface area contributed by atoms with Crippen LogP contribution in [-0.2, 0) is 0 Å². The zero-order chi connectivity index (χ0) is 15.9. The Morgan fingerprint density at radius 3 is 1.70 bits per heavy atom. The highest BCUT2D eigenvalue weighted by Gasteiger charge is 2.30. The molecule has 0 atom stereocenters. The summed E-state index contributed by atoms with van der Waals surface area (Å²) in [6.07, 6.45) is 5.09. The van der Waals surface area contributed by atoms with Crippen molar-refractivity contribution >= 4 is 17.3 Å². The number of hydrogen-bond acceptors (Lipinski definition) is 1. The summed E-state index contributed by atoms with van der Waals surface area (Å²) in [7, 11) is 0. The Kier molecular flexibility index (Phi) is 5.71. The molecular formula is C20H24ClN2+. The summed E-state index contributed by atoms with van der Waals surface area (Å²) in [5, 5.41) is 2.41. The Labute approximate surface area is 144 Å². The summed E-state index contributed by atoms with van der Waals surface area (Å²) in [6, 6.07) is 21.4. The first kappa shape index (κ1) is 16.1. The molecule has 3 rings (SSSR count). The first-order valence-corrected chi connectivity index (χ1v) is 8.90. The molecule has 120 valence electrons. The highest BCUT2D eigenvalue weighted by atomic mass is 35.5. The molecule has 2 aromatic carbocycles. The molecule has 0 N–H and O–H groups in total. The largest absolute Gasteiger partial charge is 0.262 e. The lowest BCUT2D eigenvalue weighted by molar-refractivity contribution is -0.711. The van der Waals surface area contributed by atoms with Crippen molar-refractivity contribution in [2.75, 3.05) is 13.1 Å². The van der Waals surface area contributed by atoms with Crippen LogP contribution in [0.4, 0.5) is 0 Å². The van der Waals surface area contributed by atoms with Crippen LogP contribution in [0, 0.1) is 0 Å². The third kappa shape index (κ3) is 3.94. The number of rotatable bonds is 4. The van der Waals surface area contributed by atoms with E-state index in [2.05, 4.69) is 70.4 Å². The summed E-state index contributed by atoms with van der Waals surface area (Å²) in [6.45, 7) is 2.14. The van der Waals surface area contributed by atoms with Gasteiger partial charge in [-0.2, -0.15) is 5.01 Å². The van der Waals surface area contributed by atoms with E-state index in [0.29, 0.717) is 0 Å². The van der Waals surface area contributed by atoms with E-state index in [9.17, 15) is 0 Å². The zero-order valence-electron chi connectivity index (χ0n) is 13.4. The highest BCUT2D eigenvalue weighted by Crippen LogP contribution is 2.27. The second kappa shape index (κ2) is 8.16. The Morgan fingerprint density at radius 1 is 0.783 bits per heavy atom. The van der Waals surface area contributed by atoms with Gasteiger partial charge in [0, 0.05) is 11.1 Å². The quantitative estimate of drug-likeness (QED) is 0.575. The lowest BCUT2D eigenvalue weighted by Crippen LogP contribution is -2.39. The predicted molar refractivity (Wildman–Crippen MR) is 96.9 cm³/mol. The van der Waals surface area contributed by atoms with Crippen molar-refractivity contribution in [2.45, 2.75) is 31.7 Å². The van der Waals surface area contributed by atoms with Gasteiger partial charge in [-0.25, -0.2) is 0 Å². The van der Waals surface area contributed by atoms with Crippen LogP contribution in [0.1, 0.15) is 42.9 Å². The third-order valence-electron chi connectivity index (χ3n) is 4.50. The molecule has 23 heavy (non-hydrogen) atoms. The number of hydrazone groups is 1. The van der Waals surface area contributed by atoms with Crippen LogP contribution in [-0.4, -0.2) is 28.5 Å². The molecule has 0 unspecified atom stereocenters. The van der Waals surface area contributed by atoms with Crippen molar-refractivity contribution in [3.8, 4) is 0 Å². The lowest BCUT2D eigenvalue weighted by Gasteiger charge is -2.25. The summed E-state index contributed by atoms with van der Waals surface area (Å²) >= 11 is 6.31. The summed E-state index contributed by atoms with van der Waals surface area (Å²) in [5.41, 5.74) is 4.25. The van der Waals surface area contributed by atoms with E-state index in [4.69, 9.17) is 11.6 Å². The molecule has 1 aliphatic heterocycles. The minimum Gasteiger partial charge on any atom is -0.185 e. The number of hydrogen-bond donors (Lipinski definition) is 0. The number of halogens is 1. The van der Waals surface area contributed by atoms with Gasteiger partial charge < -0.3 is 0 Å². The van der Waals surface area contributed by atoms with Crippen LogP contribution >= 0.6 is 11.6 Å². The second-order valence-corrected chi connectivity index (χ2v) is 6.26. The van der Waals surface area contributed by atoms with Crippen LogP contribution in [0.5, 0.6) is 0 Å². The fourth-order valence-electron chi connectivity index (χ4n) is 3.33. The van der Waals surface area contributed by atoms with Gasteiger partial charge in [0.25, 0.3) is 5.67 Å². The van der Waals surface area contributed by atoms with E-state index in [1.807, 2.05) is 0 Å². The fraction of sp³-hybridized carbons (Fsp3) is 0.350. The Bertz CT molecular complexity index is 577. The molecule has 0 saturated carbocycles. The minimum atomic E-state index is 0.119. The maximum Gasteiger partial charge on any atom is 0.262 e. The molecule has 0 amide bonds. The Balaban J connectivity index is 1.99. The Hall–Kier alpha value is -1.80. The molecular weight excluding hydrogens is 304 g/mol. The minimum absolute atomic E-state index is 0.119. The van der Waals surface area contributed by atoms with Gasteiger partial charge in [-0.3, -0.25) is 0 Å². The predicted octanol–water partition coefficient (Wildman–Crippen LogP) is 4.85. The lowest BCUT2D eigenvalue weighted by atomic mass is 9.99. The molecule has 0 aliphatic carbocycles. The van der Waals surface area contributed by atoms with Crippen LogP contribution in [0.3, 0.4) is 0 Å². The van der Waals surface area contributed by atoms with Crippen LogP contribution in [0.25, 0.3) is 0 Å². The summed E-state index contributed by atoms with van der Waals surface area (Å²) in [5.74, 6) is 0. The van der Waals surface area contributed by atoms with Crippen LogP contribution < -0.4 is 0 Å². The average Bonchev–Trinajstić information content (AvgIpc) is 2.90. The molecule has 2 nitrogen and oxygen atoms in total. The van der Waals surface area contributed by atoms with E-state index in [1.165, 1.54) is 36.8 Å². The van der Waals surface area contributed by atoms with Gasteiger partial charge in [-0.05, 0) is 24.4 Å². The monoisotopic (exact) mass is 327 g/mol. The molecule has 3 heteroatoms. The number of nitrogens with zero attached hydrogens (tertiary/aromatic N) is 2. The summed E-state index contributed by atoms with van der Waals surface area (Å²) in [4.78, 5) is 0. The van der Waals surface area contributed by atoms with Gasteiger partial charge in [0.1, 0.15) is 0 Å². The standard InChI is InChI=1S/C20H24ClN2/c21-17-23(22-15-9-1-2-10-16-22)20(18-11-5-3-6-12-18)19-13-7-4-8-14-19/h3-8,11-14,17,20H,1-2,9-10,15-16H2/q+1/b23-17-. The molecule has 1 saturated heterocycles. The normalized spacial score (nSPS) is 16.4. The Morgan fingerprint density at radius 2 is 1.26 bits per heavy atom. The summed E-state index contributed by atoms with van der Waals surface area (Å²) < 4.78 is 2.22. The SMILES string of the molecule is Cl/C=[N+](/C(c1ccccc1)c1ccccc1)N1CCCCCC1. The van der Waals surface area contributed by atoms with Gasteiger partial charge in [0.05, 0.1) is 13.1 Å². The smallest absolute Gasteiger partial charge is 0.185 e. The van der Waals surface area contributed by atoms with E-state index in [1.54, 1.807) is 5.67 Å². The maximum absolute atomic E-state index is 6.31. The molecule has 0 radical (unpaired) electrons. The van der Waals surface area contributed by atoms with Crippen molar-refractivity contribution in [3.05, 3.63) is 71.8 Å². The van der Waals surface area contributed by atoms with Crippen molar-refractivity contribution in [2.24, 2.45) is 0 Å². The first-order valence-electron chi connectivity index (χ1n) is 8.47. The molecule has 0 bridgehead atoms. The molecule has 2 aromatic rings. The van der Waals surface area contributed by atoms with Gasteiger partial charge in [-0.15, -0.1) is 0 Å². The zero-order valence-corrected chi connectivity index (χ0v) is 14.2. The van der Waals surface area contributed by atoms with Crippen molar-refractivity contribution in [1.29, 1.82) is 0 Å². The van der Waals surface area contributed by atoms with E-state index in [-0.39, 0.29) is 6.04 Å². The third-order valence-corrected chi connectivity index (χ3v) is 4.70. The van der Waals surface area contributed by atoms with Gasteiger partial charge >= 0.3 is 0 Å². The van der Waals surface area contributed by atoms with Crippen LogP contribution in [0.15, 0.2) is 60.7 Å². The molecule has 1 aliphatic rings. The molecule has 1 heterocycles. The molecule has 0 aromatic heterocycles. The maximum atomic E-state index is 6.31. The molecule has 1 fully saturated rings. The second-order valence-electron chi connectivity index (χ2n) is 6.07. The topological polar surface area (TPSA) is 6.25 Å². The number of hydrazine groups is 1. The number of benzene rings is 2. The first-order chi connectivity index (χ1) is 11.4. The van der Waals surface area contributed by atoms with Crippen molar-refractivity contribution in [1.82, 2.24) is 5.01 Å².